The van der Waals surface area contributed by atoms with Crippen LogP contribution in [-0.4, -0.2) is 41.4 Å². The zero-order valence-corrected chi connectivity index (χ0v) is 16.1. The third-order valence-electron chi connectivity index (χ3n) is 4.84. The van der Waals surface area contributed by atoms with Crippen molar-refractivity contribution in [3.8, 4) is 11.5 Å². The van der Waals surface area contributed by atoms with Crippen LogP contribution in [0.25, 0.3) is 0 Å². The number of hydrogen-bond acceptors (Lipinski definition) is 5. The maximum Gasteiger partial charge on any atom is 0.275 e. The maximum atomic E-state index is 13.2. The smallest absolute Gasteiger partial charge is 0.275 e. The molecule has 0 spiro atoms. The van der Waals surface area contributed by atoms with Gasteiger partial charge in [-0.2, -0.15) is 0 Å². The number of carbonyl (C=O) groups is 2. The molecule has 29 heavy (non-hydrogen) atoms. The average molecular weight is 397 g/mol. The van der Waals surface area contributed by atoms with Crippen LogP contribution >= 0.6 is 0 Å². The Labute approximate surface area is 167 Å². The molecule has 7 nitrogen and oxygen atoms in total. The highest BCUT2D eigenvalue weighted by Gasteiger charge is 2.41. The second-order valence-corrected chi connectivity index (χ2v) is 7.32. The number of hydrogen-bond donors (Lipinski definition) is 1. The van der Waals surface area contributed by atoms with Crippen LogP contribution in [0.2, 0.25) is 0 Å². The summed E-state index contributed by atoms with van der Waals surface area (Å²) in [5.74, 6) is 0.262. The Balaban J connectivity index is 1.40. The van der Waals surface area contributed by atoms with Crippen LogP contribution in [0.1, 0.15) is 25.0 Å². The normalized spacial score (nSPS) is 16.7. The topological polar surface area (TPSA) is 80.2 Å². The number of aliphatic imine (C=N–C) groups is 1. The standard InChI is InChI=1S/C21H20FN3O4/c1-21(2)24-19(14-4-6-15(22)7-5-14)20(27)25(21)11-18(26)23-10-13-3-8-16-17(9-13)29-12-28-16/h3-9H,10-12H2,1-2H3,(H,23,26). The summed E-state index contributed by atoms with van der Waals surface area (Å²) in [5.41, 5.74) is 0.723. The molecule has 2 aromatic rings. The Morgan fingerprint density at radius 1 is 1.17 bits per heavy atom. The van der Waals surface area contributed by atoms with E-state index in [1.54, 1.807) is 19.9 Å². The minimum absolute atomic E-state index is 0.134. The highest BCUT2D eigenvalue weighted by molar-refractivity contribution is 6.46. The Hall–Kier alpha value is -3.42. The fraction of sp³-hybridized carbons (Fsp3) is 0.286. The molecular formula is C21H20FN3O4. The number of amides is 2. The van der Waals surface area contributed by atoms with Gasteiger partial charge in [0.15, 0.2) is 11.5 Å². The largest absolute Gasteiger partial charge is 0.454 e. The molecule has 0 saturated carbocycles. The SMILES string of the molecule is CC1(C)N=C(c2ccc(F)cc2)C(=O)N1CC(=O)NCc1ccc2c(c1)OCO2. The van der Waals surface area contributed by atoms with Gasteiger partial charge in [0.05, 0.1) is 0 Å². The van der Waals surface area contributed by atoms with Crippen LogP contribution < -0.4 is 14.8 Å². The molecule has 0 radical (unpaired) electrons. The molecule has 1 N–H and O–H groups in total. The van der Waals surface area contributed by atoms with E-state index in [9.17, 15) is 14.0 Å². The van der Waals surface area contributed by atoms with Crippen molar-refractivity contribution in [2.45, 2.75) is 26.1 Å². The van der Waals surface area contributed by atoms with Gasteiger partial charge in [-0.15, -0.1) is 0 Å². The first kappa shape index (κ1) is 18.9. The minimum atomic E-state index is -0.878. The molecular weight excluding hydrogens is 377 g/mol. The van der Waals surface area contributed by atoms with E-state index in [0.717, 1.165) is 5.56 Å². The van der Waals surface area contributed by atoms with Crippen molar-refractivity contribution >= 4 is 17.5 Å². The van der Waals surface area contributed by atoms with Gasteiger partial charge in [-0.05, 0) is 55.8 Å². The van der Waals surface area contributed by atoms with Crippen LogP contribution in [-0.2, 0) is 16.1 Å². The molecule has 2 aliphatic heterocycles. The maximum absolute atomic E-state index is 13.2. The van der Waals surface area contributed by atoms with Crippen molar-refractivity contribution in [3.05, 3.63) is 59.4 Å². The van der Waals surface area contributed by atoms with Crippen molar-refractivity contribution in [3.63, 3.8) is 0 Å². The summed E-state index contributed by atoms with van der Waals surface area (Å²) in [6.07, 6.45) is 0. The first-order valence-corrected chi connectivity index (χ1v) is 9.16. The molecule has 150 valence electrons. The van der Waals surface area contributed by atoms with Crippen molar-refractivity contribution in [1.29, 1.82) is 0 Å². The summed E-state index contributed by atoms with van der Waals surface area (Å²) in [4.78, 5) is 31.2. The molecule has 0 aliphatic carbocycles. The molecule has 2 aromatic carbocycles. The summed E-state index contributed by atoms with van der Waals surface area (Å²) in [7, 11) is 0. The van der Waals surface area contributed by atoms with Crippen LogP contribution in [0.15, 0.2) is 47.5 Å². The van der Waals surface area contributed by atoms with E-state index in [2.05, 4.69) is 10.3 Å². The van der Waals surface area contributed by atoms with Gasteiger partial charge in [-0.1, -0.05) is 6.07 Å². The Morgan fingerprint density at radius 3 is 2.66 bits per heavy atom. The number of ether oxygens (including phenoxy) is 2. The third kappa shape index (κ3) is 3.78. The number of carbonyl (C=O) groups excluding carboxylic acids is 2. The van der Waals surface area contributed by atoms with Crippen LogP contribution in [0, 0.1) is 5.82 Å². The van der Waals surface area contributed by atoms with E-state index in [-0.39, 0.29) is 36.7 Å². The van der Waals surface area contributed by atoms with Crippen molar-refractivity contribution < 1.29 is 23.5 Å². The van der Waals surface area contributed by atoms with Gasteiger partial charge in [-0.3, -0.25) is 14.6 Å². The highest BCUT2D eigenvalue weighted by Crippen LogP contribution is 2.32. The van der Waals surface area contributed by atoms with E-state index in [0.29, 0.717) is 23.6 Å². The lowest BCUT2D eigenvalue weighted by Gasteiger charge is -2.28. The Kier molecular flexibility index (Phi) is 4.70. The third-order valence-corrected chi connectivity index (χ3v) is 4.84. The summed E-state index contributed by atoms with van der Waals surface area (Å²) < 4.78 is 23.8. The molecule has 2 heterocycles. The Bertz CT molecular complexity index is 1000. The van der Waals surface area contributed by atoms with Crippen LogP contribution in [0.5, 0.6) is 11.5 Å². The first-order chi connectivity index (χ1) is 13.8. The van der Waals surface area contributed by atoms with E-state index in [1.807, 2.05) is 12.1 Å². The number of rotatable bonds is 5. The van der Waals surface area contributed by atoms with Gasteiger partial charge in [0.25, 0.3) is 5.91 Å². The quantitative estimate of drug-likeness (QED) is 0.839. The van der Waals surface area contributed by atoms with E-state index in [1.165, 1.54) is 29.2 Å². The molecule has 0 fully saturated rings. The number of nitrogens with zero attached hydrogens (tertiary/aromatic N) is 2. The van der Waals surface area contributed by atoms with Gasteiger partial charge < -0.3 is 19.7 Å². The molecule has 2 aliphatic rings. The van der Waals surface area contributed by atoms with E-state index in [4.69, 9.17) is 9.47 Å². The van der Waals surface area contributed by atoms with E-state index >= 15 is 0 Å². The monoisotopic (exact) mass is 397 g/mol. The molecule has 0 atom stereocenters. The second-order valence-electron chi connectivity index (χ2n) is 7.32. The van der Waals surface area contributed by atoms with Crippen molar-refractivity contribution in [2.24, 2.45) is 4.99 Å². The lowest BCUT2D eigenvalue weighted by molar-refractivity contribution is -0.134. The predicted octanol–water partition coefficient (Wildman–Crippen LogP) is 2.24. The molecule has 0 saturated heterocycles. The van der Waals surface area contributed by atoms with E-state index < -0.39 is 5.66 Å². The van der Waals surface area contributed by atoms with Crippen molar-refractivity contribution in [2.75, 3.05) is 13.3 Å². The Morgan fingerprint density at radius 2 is 1.90 bits per heavy atom. The lowest BCUT2D eigenvalue weighted by atomic mass is 10.1. The summed E-state index contributed by atoms with van der Waals surface area (Å²) in [6, 6.07) is 11.0. The second kappa shape index (κ2) is 7.20. The fourth-order valence-corrected chi connectivity index (χ4v) is 3.27. The zero-order valence-electron chi connectivity index (χ0n) is 16.1. The number of benzene rings is 2. The summed E-state index contributed by atoms with van der Waals surface area (Å²) >= 11 is 0. The molecule has 0 bridgehead atoms. The minimum Gasteiger partial charge on any atom is -0.454 e. The molecule has 8 heteroatoms. The van der Waals surface area contributed by atoms with Gasteiger partial charge in [0.2, 0.25) is 12.7 Å². The number of halogens is 1. The molecule has 0 aromatic heterocycles. The molecule has 2 amide bonds. The number of fused-ring (bicyclic) bond motifs is 1. The first-order valence-electron chi connectivity index (χ1n) is 9.16. The van der Waals surface area contributed by atoms with Gasteiger partial charge in [0, 0.05) is 12.1 Å². The average Bonchev–Trinajstić information content (AvgIpc) is 3.24. The van der Waals surface area contributed by atoms with Crippen LogP contribution in [0.4, 0.5) is 4.39 Å². The van der Waals surface area contributed by atoms with Gasteiger partial charge in [-0.25, -0.2) is 4.39 Å². The summed E-state index contributed by atoms with van der Waals surface area (Å²) in [6.45, 7) is 3.86. The van der Waals surface area contributed by atoms with Gasteiger partial charge >= 0.3 is 0 Å². The number of nitrogens with one attached hydrogen (secondary N) is 1. The zero-order chi connectivity index (χ0) is 20.6. The van der Waals surface area contributed by atoms with Gasteiger partial charge in [0.1, 0.15) is 23.7 Å². The predicted molar refractivity (Wildman–Crippen MR) is 103 cm³/mol. The molecule has 0 unspecified atom stereocenters. The van der Waals surface area contributed by atoms with Crippen molar-refractivity contribution in [1.82, 2.24) is 10.2 Å². The highest BCUT2D eigenvalue weighted by atomic mass is 19.1. The molecule has 4 rings (SSSR count). The summed E-state index contributed by atoms with van der Waals surface area (Å²) in [5, 5.41) is 2.81. The van der Waals surface area contributed by atoms with Crippen LogP contribution in [0.3, 0.4) is 0 Å². The lowest BCUT2D eigenvalue weighted by Crippen LogP contribution is -2.48. The fourth-order valence-electron chi connectivity index (χ4n) is 3.27.